The Balaban J connectivity index is 1.39. The Kier molecular flexibility index (Phi) is 8.69. The summed E-state index contributed by atoms with van der Waals surface area (Å²) < 4.78 is 26.2. The lowest BCUT2D eigenvalue weighted by atomic mass is 10.1. The highest BCUT2D eigenvalue weighted by Crippen LogP contribution is 2.40. The van der Waals surface area contributed by atoms with Crippen molar-refractivity contribution in [3.8, 4) is 0 Å². The number of hydrogen-bond donors (Lipinski definition) is 0. The van der Waals surface area contributed by atoms with E-state index in [9.17, 15) is 14.4 Å². The van der Waals surface area contributed by atoms with Gasteiger partial charge in [0.25, 0.3) is 0 Å². The number of nitrogens with zero attached hydrogens (tertiary/aromatic N) is 3. The first kappa shape index (κ1) is 29.5. The molecule has 1 aliphatic heterocycles. The van der Waals surface area contributed by atoms with E-state index >= 15 is 0 Å². The zero-order valence-electron chi connectivity index (χ0n) is 22.8. The summed E-state index contributed by atoms with van der Waals surface area (Å²) in [5, 5.41) is 0.694. The van der Waals surface area contributed by atoms with E-state index in [-0.39, 0.29) is 22.9 Å². The number of ether oxygens (including phenoxy) is 4. The molecule has 2 aromatic heterocycles. The Morgan fingerprint density at radius 3 is 1.86 bits per heavy atom. The summed E-state index contributed by atoms with van der Waals surface area (Å²) in [6, 6.07) is 25.2. The van der Waals surface area contributed by atoms with E-state index in [4.69, 9.17) is 30.5 Å². The molecule has 4 atom stereocenters. The molecule has 4 unspecified atom stereocenters. The molecule has 10 nitrogen and oxygen atoms in total. The molecule has 1 aliphatic rings. The number of benzene rings is 3. The van der Waals surface area contributed by atoms with Crippen LogP contribution in [-0.4, -0.2) is 57.4 Å². The van der Waals surface area contributed by atoms with E-state index in [2.05, 4.69) is 25.9 Å². The van der Waals surface area contributed by atoms with E-state index in [0.29, 0.717) is 21.1 Å². The second-order valence-corrected chi connectivity index (χ2v) is 11.0. The number of halogens is 2. The zero-order chi connectivity index (χ0) is 30.6. The summed E-state index contributed by atoms with van der Waals surface area (Å²) >= 11 is 9.87. The van der Waals surface area contributed by atoms with E-state index in [1.807, 2.05) is 0 Å². The van der Waals surface area contributed by atoms with Gasteiger partial charge < -0.3 is 23.5 Å². The van der Waals surface area contributed by atoms with Crippen molar-refractivity contribution >= 4 is 56.5 Å². The summed E-state index contributed by atoms with van der Waals surface area (Å²) in [4.78, 5) is 48.0. The molecule has 0 saturated carbocycles. The van der Waals surface area contributed by atoms with Crippen molar-refractivity contribution in [2.24, 2.45) is 0 Å². The predicted octanol–water partition coefficient (Wildman–Crippen LogP) is 6.05. The summed E-state index contributed by atoms with van der Waals surface area (Å²) in [6.07, 6.45) is -1.56. The Labute approximate surface area is 264 Å². The molecule has 1 saturated heterocycles. The highest BCUT2D eigenvalue weighted by atomic mass is 79.9. The number of fused-ring (bicyclic) bond motifs is 1. The van der Waals surface area contributed by atoms with Crippen LogP contribution < -0.4 is 0 Å². The van der Waals surface area contributed by atoms with Crippen LogP contribution in [0.25, 0.3) is 11.0 Å². The van der Waals surface area contributed by atoms with Crippen LogP contribution in [-0.2, 0) is 18.9 Å². The van der Waals surface area contributed by atoms with Crippen LogP contribution in [0.2, 0.25) is 5.15 Å². The second kappa shape index (κ2) is 13.0. The fourth-order valence-electron chi connectivity index (χ4n) is 4.88. The highest BCUT2D eigenvalue weighted by Gasteiger charge is 2.52. The third-order valence-corrected chi connectivity index (χ3v) is 7.86. The number of aromatic nitrogens is 3. The molecular formula is C32H23BrClN3O7. The van der Waals surface area contributed by atoms with E-state index in [1.165, 1.54) is 6.33 Å². The first-order valence-corrected chi connectivity index (χ1v) is 14.6. The quantitative estimate of drug-likeness (QED) is 0.110. The molecule has 6 rings (SSSR count). The predicted molar refractivity (Wildman–Crippen MR) is 162 cm³/mol. The van der Waals surface area contributed by atoms with E-state index in [1.54, 1.807) is 102 Å². The Hall–Kier alpha value is -4.58. The molecule has 1 fully saturated rings. The second-order valence-electron chi connectivity index (χ2n) is 9.75. The van der Waals surface area contributed by atoms with Crippen LogP contribution in [0.3, 0.4) is 0 Å². The SMILES string of the molecule is O=C(OCC1OC(n2cc(Br)c3c(Cl)ncnc32)C(OC(=O)c2ccccc2)C1OC(=O)c1ccccc1)c1ccccc1. The van der Waals surface area contributed by atoms with Gasteiger partial charge in [-0.05, 0) is 52.3 Å². The molecule has 12 heteroatoms. The van der Waals surface area contributed by atoms with Crippen LogP contribution in [0.1, 0.15) is 37.3 Å². The minimum absolute atomic E-state index is 0.192. The molecule has 0 aliphatic carbocycles. The topological polar surface area (TPSA) is 119 Å². The van der Waals surface area contributed by atoms with Crippen LogP contribution in [0.4, 0.5) is 0 Å². The maximum absolute atomic E-state index is 13.4. The lowest BCUT2D eigenvalue weighted by molar-refractivity contribution is -0.0604. The first-order valence-electron chi connectivity index (χ1n) is 13.5. The monoisotopic (exact) mass is 675 g/mol. The van der Waals surface area contributed by atoms with Crippen molar-refractivity contribution in [3.63, 3.8) is 0 Å². The average molecular weight is 677 g/mol. The van der Waals surface area contributed by atoms with E-state index < -0.39 is 42.4 Å². The average Bonchev–Trinajstić information content (AvgIpc) is 3.57. The lowest BCUT2D eigenvalue weighted by Crippen LogP contribution is -2.41. The fraction of sp³-hybridized carbons (Fsp3) is 0.156. The number of carbonyl (C=O) groups excluding carboxylic acids is 3. The summed E-state index contributed by atoms with van der Waals surface area (Å²) in [5.41, 5.74) is 1.26. The van der Waals surface area contributed by atoms with Gasteiger partial charge in [-0.2, -0.15) is 0 Å². The van der Waals surface area contributed by atoms with Crippen LogP contribution >= 0.6 is 27.5 Å². The molecule has 0 bridgehead atoms. The van der Waals surface area contributed by atoms with Crippen LogP contribution in [0.15, 0.2) is 108 Å². The molecule has 0 N–H and O–H groups in total. The van der Waals surface area contributed by atoms with Gasteiger partial charge in [-0.15, -0.1) is 0 Å². The molecular weight excluding hydrogens is 654 g/mol. The Morgan fingerprint density at radius 2 is 1.30 bits per heavy atom. The van der Waals surface area contributed by atoms with Gasteiger partial charge in [0.1, 0.15) is 29.8 Å². The van der Waals surface area contributed by atoms with Gasteiger partial charge >= 0.3 is 17.9 Å². The third kappa shape index (κ3) is 6.07. The number of hydrogen-bond acceptors (Lipinski definition) is 9. The van der Waals surface area contributed by atoms with Gasteiger partial charge in [0, 0.05) is 10.7 Å². The van der Waals surface area contributed by atoms with Crippen LogP contribution in [0.5, 0.6) is 0 Å². The van der Waals surface area contributed by atoms with Crippen molar-refractivity contribution < 1.29 is 33.3 Å². The third-order valence-electron chi connectivity index (χ3n) is 6.97. The number of rotatable bonds is 8. The minimum atomic E-state index is -1.20. The van der Waals surface area contributed by atoms with Crippen molar-refractivity contribution in [1.82, 2.24) is 14.5 Å². The summed E-state index contributed by atoms with van der Waals surface area (Å²) in [7, 11) is 0. The van der Waals surface area contributed by atoms with Gasteiger partial charge in [-0.3, -0.25) is 0 Å². The van der Waals surface area contributed by atoms with Gasteiger partial charge in [0.05, 0.1) is 22.1 Å². The fourth-order valence-corrected chi connectivity index (χ4v) is 5.81. The van der Waals surface area contributed by atoms with Gasteiger partial charge in [-0.1, -0.05) is 66.2 Å². The molecule has 0 radical (unpaired) electrons. The molecule has 222 valence electrons. The summed E-state index contributed by atoms with van der Waals surface area (Å²) in [6.45, 7) is -0.313. The Morgan fingerprint density at radius 1 is 0.773 bits per heavy atom. The van der Waals surface area contributed by atoms with Crippen LogP contribution in [0, 0.1) is 0 Å². The standard InChI is InChI=1S/C32H23BrClN3O7/c33-22-16-37(28-24(22)27(34)35-18-36-28)29-26(44-32(40)21-14-8-3-9-15-21)25(43-31(39)20-12-6-2-7-13-20)23(42-29)17-41-30(38)19-10-4-1-5-11-19/h1-16,18,23,25-26,29H,17H2. The minimum Gasteiger partial charge on any atom is -0.459 e. The normalized spacial score (nSPS) is 19.4. The Bertz CT molecular complexity index is 1800. The highest BCUT2D eigenvalue weighted by molar-refractivity contribution is 9.10. The number of carbonyl (C=O) groups is 3. The molecule has 3 heterocycles. The van der Waals surface area contributed by atoms with Gasteiger partial charge in [0.15, 0.2) is 18.4 Å². The molecule has 0 amide bonds. The molecule has 0 spiro atoms. The zero-order valence-corrected chi connectivity index (χ0v) is 25.1. The van der Waals surface area contributed by atoms with Crippen molar-refractivity contribution in [1.29, 1.82) is 0 Å². The lowest BCUT2D eigenvalue weighted by Gasteiger charge is -2.25. The van der Waals surface area contributed by atoms with Crippen molar-refractivity contribution in [2.75, 3.05) is 6.61 Å². The van der Waals surface area contributed by atoms with Gasteiger partial charge in [0.2, 0.25) is 0 Å². The maximum Gasteiger partial charge on any atom is 0.338 e. The van der Waals surface area contributed by atoms with Crippen molar-refractivity contribution in [3.05, 3.63) is 130 Å². The molecule has 44 heavy (non-hydrogen) atoms. The molecule has 3 aromatic carbocycles. The molecule has 5 aromatic rings. The summed E-state index contributed by atoms with van der Waals surface area (Å²) in [5.74, 6) is -1.95. The van der Waals surface area contributed by atoms with E-state index in [0.717, 1.165) is 0 Å². The maximum atomic E-state index is 13.4. The largest absolute Gasteiger partial charge is 0.459 e. The van der Waals surface area contributed by atoms with Crippen molar-refractivity contribution in [2.45, 2.75) is 24.5 Å². The van der Waals surface area contributed by atoms with Gasteiger partial charge in [-0.25, -0.2) is 24.4 Å². The smallest absolute Gasteiger partial charge is 0.338 e. The first-order chi connectivity index (χ1) is 21.4. The number of esters is 3.